The number of rotatable bonds is 4. The molecule has 1 aliphatic heterocycles. The summed E-state index contributed by atoms with van der Waals surface area (Å²) in [5, 5.41) is 0. The second kappa shape index (κ2) is 7.43. The van der Waals surface area contributed by atoms with E-state index in [4.69, 9.17) is 0 Å². The lowest BCUT2D eigenvalue weighted by Gasteiger charge is -2.32. The van der Waals surface area contributed by atoms with Gasteiger partial charge in [-0.15, -0.1) is 0 Å². The number of carbonyl (C=O) groups is 1. The van der Waals surface area contributed by atoms with Crippen molar-refractivity contribution in [2.24, 2.45) is 0 Å². The lowest BCUT2D eigenvalue weighted by Crippen LogP contribution is -2.37. The molecule has 0 saturated carbocycles. The third-order valence-electron chi connectivity index (χ3n) is 4.38. The Bertz CT molecular complexity index is 666. The zero-order valence-electron chi connectivity index (χ0n) is 13.2. The molecule has 0 aromatic heterocycles. The summed E-state index contributed by atoms with van der Waals surface area (Å²) in [7, 11) is 0. The summed E-state index contributed by atoms with van der Waals surface area (Å²) in [5.74, 6) is 0.478. The van der Waals surface area contributed by atoms with Gasteiger partial charge in [-0.2, -0.15) is 8.78 Å². The molecule has 1 amide bonds. The summed E-state index contributed by atoms with van der Waals surface area (Å²) in [6.45, 7) is -1.45. The van der Waals surface area contributed by atoms with Crippen LogP contribution in [0, 0.1) is 0 Å². The van der Waals surface area contributed by atoms with Crippen LogP contribution >= 0.6 is 0 Å². The number of likely N-dealkylation sites (tertiary alicyclic amines) is 1. The van der Waals surface area contributed by atoms with Crippen LogP contribution in [0.5, 0.6) is 5.75 Å². The van der Waals surface area contributed by atoms with Crippen LogP contribution in [-0.4, -0.2) is 30.5 Å². The lowest BCUT2D eigenvalue weighted by atomic mass is 9.89. The van der Waals surface area contributed by atoms with Crippen molar-refractivity contribution in [2.75, 3.05) is 13.1 Å². The highest BCUT2D eigenvalue weighted by atomic mass is 19.3. The second-order valence-electron chi connectivity index (χ2n) is 5.88. The molecule has 1 aliphatic rings. The highest BCUT2D eigenvalue weighted by molar-refractivity contribution is 5.94. The van der Waals surface area contributed by atoms with Gasteiger partial charge >= 0.3 is 6.61 Å². The van der Waals surface area contributed by atoms with Crippen molar-refractivity contribution in [3.63, 3.8) is 0 Å². The van der Waals surface area contributed by atoms with E-state index in [-0.39, 0.29) is 11.7 Å². The van der Waals surface area contributed by atoms with E-state index in [2.05, 4.69) is 16.9 Å². The molecule has 0 radical (unpaired) electrons. The van der Waals surface area contributed by atoms with Crippen molar-refractivity contribution in [3.8, 4) is 5.75 Å². The van der Waals surface area contributed by atoms with Crippen molar-refractivity contribution >= 4 is 5.91 Å². The Morgan fingerprint density at radius 1 is 1.00 bits per heavy atom. The van der Waals surface area contributed by atoms with E-state index in [1.807, 2.05) is 23.1 Å². The second-order valence-corrected chi connectivity index (χ2v) is 5.88. The van der Waals surface area contributed by atoms with E-state index in [1.54, 1.807) is 0 Å². The molecule has 24 heavy (non-hydrogen) atoms. The first-order chi connectivity index (χ1) is 11.6. The van der Waals surface area contributed by atoms with Crippen LogP contribution < -0.4 is 4.74 Å². The largest absolute Gasteiger partial charge is 0.435 e. The van der Waals surface area contributed by atoms with E-state index in [0.717, 1.165) is 12.8 Å². The van der Waals surface area contributed by atoms with Crippen LogP contribution in [0.15, 0.2) is 54.6 Å². The summed E-state index contributed by atoms with van der Waals surface area (Å²) in [6, 6.07) is 16.2. The van der Waals surface area contributed by atoms with Gasteiger partial charge in [0.05, 0.1) is 0 Å². The third-order valence-corrected chi connectivity index (χ3v) is 4.38. The zero-order chi connectivity index (χ0) is 16.9. The minimum absolute atomic E-state index is 0.0596. The normalized spacial score (nSPS) is 15.5. The molecule has 126 valence electrons. The summed E-state index contributed by atoms with van der Waals surface area (Å²) in [5.41, 5.74) is 1.81. The number of halogens is 2. The van der Waals surface area contributed by atoms with Crippen LogP contribution in [0.25, 0.3) is 0 Å². The van der Waals surface area contributed by atoms with Crippen LogP contribution in [-0.2, 0) is 0 Å². The Kier molecular flexibility index (Phi) is 5.08. The zero-order valence-corrected chi connectivity index (χ0v) is 13.2. The van der Waals surface area contributed by atoms with Crippen molar-refractivity contribution in [1.29, 1.82) is 0 Å². The maximum absolute atomic E-state index is 12.5. The van der Waals surface area contributed by atoms with Crippen LogP contribution in [0.4, 0.5) is 8.78 Å². The van der Waals surface area contributed by atoms with Crippen LogP contribution in [0.3, 0.4) is 0 Å². The summed E-state index contributed by atoms with van der Waals surface area (Å²) in [4.78, 5) is 14.3. The predicted molar refractivity (Wildman–Crippen MR) is 87.4 cm³/mol. The van der Waals surface area contributed by atoms with Crippen LogP contribution in [0.1, 0.15) is 34.7 Å². The molecule has 0 N–H and O–H groups in total. The van der Waals surface area contributed by atoms with Gasteiger partial charge in [0.25, 0.3) is 5.91 Å². The van der Waals surface area contributed by atoms with Gasteiger partial charge in [0.15, 0.2) is 0 Å². The average Bonchev–Trinajstić information content (AvgIpc) is 2.62. The SMILES string of the molecule is O=C(c1ccc(OC(F)F)cc1)N1CCC(c2ccccc2)CC1. The van der Waals surface area contributed by atoms with Gasteiger partial charge in [-0.3, -0.25) is 4.79 Å². The number of hydrogen-bond acceptors (Lipinski definition) is 2. The average molecular weight is 331 g/mol. The number of amides is 1. The molecule has 0 atom stereocenters. The first kappa shape index (κ1) is 16.4. The lowest BCUT2D eigenvalue weighted by molar-refractivity contribution is -0.0498. The minimum Gasteiger partial charge on any atom is -0.435 e. The molecule has 1 fully saturated rings. The molecule has 2 aromatic carbocycles. The Labute approximate surface area is 139 Å². The fourth-order valence-electron chi connectivity index (χ4n) is 3.10. The number of nitrogens with zero attached hydrogens (tertiary/aromatic N) is 1. The smallest absolute Gasteiger partial charge is 0.387 e. The summed E-state index contributed by atoms with van der Waals surface area (Å²) < 4.78 is 28.6. The minimum atomic E-state index is -2.86. The predicted octanol–water partition coefficient (Wildman–Crippen LogP) is 4.31. The third kappa shape index (κ3) is 3.91. The molecule has 0 unspecified atom stereocenters. The number of benzene rings is 2. The Morgan fingerprint density at radius 3 is 2.21 bits per heavy atom. The maximum Gasteiger partial charge on any atom is 0.387 e. The topological polar surface area (TPSA) is 29.5 Å². The van der Waals surface area contributed by atoms with E-state index in [9.17, 15) is 13.6 Å². The van der Waals surface area contributed by atoms with Crippen molar-refractivity contribution in [1.82, 2.24) is 4.90 Å². The Hall–Kier alpha value is -2.43. The maximum atomic E-state index is 12.5. The van der Waals surface area contributed by atoms with E-state index in [1.165, 1.54) is 29.8 Å². The van der Waals surface area contributed by atoms with Gasteiger partial charge in [-0.05, 0) is 48.6 Å². The molecule has 0 bridgehead atoms. The number of carbonyl (C=O) groups excluding carboxylic acids is 1. The Balaban J connectivity index is 1.59. The monoisotopic (exact) mass is 331 g/mol. The Morgan fingerprint density at radius 2 is 1.62 bits per heavy atom. The summed E-state index contributed by atoms with van der Waals surface area (Å²) in [6.07, 6.45) is 1.87. The summed E-state index contributed by atoms with van der Waals surface area (Å²) >= 11 is 0. The highest BCUT2D eigenvalue weighted by Gasteiger charge is 2.24. The van der Waals surface area contributed by atoms with Gasteiger partial charge in [0, 0.05) is 18.7 Å². The van der Waals surface area contributed by atoms with Crippen molar-refractivity contribution in [3.05, 3.63) is 65.7 Å². The van der Waals surface area contributed by atoms with E-state index >= 15 is 0 Å². The molecule has 5 heteroatoms. The number of alkyl halides is 2. The highest BCUT2D eigenvalue weighted by Crippen LogP contribution is 2.28. The van der Waals surface area contributed by atoms with Gasteiger partial charge in [0.1, 0.15) is 5.75 Å². The molecule has 1 saturated heterocycles. The van der Waals surface area contributed by atoms with E-state index < -0.39 is 6.61 Å². The fraction of sp³-hybridized carbons (Fsp3) is 0.316. The molecular weight excluding hydrogens is 312 g/mol. The van der Waals surface area contributed by atoms with Gasteiger partial charge in [-0.1, -0.05) is 30.3 Å². The molecule has 1 heterocycles. The quantitative estimate of drug-likeness (QED) is 0.835. The molecular formula is C19H19F2NO2. The van der Waals surface area contributed by atoms with Crippen molar-refractivity contribution in [2.45, 2.75) is 25.4 Å². The van der Waals surface area contributed by atoms with E-state index in [0.29, 0.717) is 24.6 Å². The van der Waals surface area contributed by atoms with Gasteiger partial charge in [0.2, 0.25) is 0 Å². The molecule has 3 rings (SSSR count). The van der Waals surface area contributed by atoms with Crippen molar-refractivity contribution < 1.29 is 18.3 Å². The number of hydrogen-bond donors (Lipinski definition) is 0. The molecule has 0 aliphatic carbocycles. The van der Waals surface area contributed by atoms with Gasteiger partial charge < -0.3 is 9.64 Å². The molecule has 0 spiro atoms. The first-order valence-corrected chi connectivity index (χ1v) is 8.02. The van der Waals surface area contributed by atoms with Crippen LogP contribution in [0.2, 0.25) is 0 Å². The first-order valence-electron chi connectivity index (χ1n) is 8.02. The molecule has 2 aromatic rings. The fourth-order valence-corrected chi connectivity index (χ4v) is 3.10. The number of ether oxygens (including phenoxy) is 1. The standard InChI is InChI=1S/C19H19F2NO2/c20-19(21)24-17-8-6-16(7-9-17)18(23)22-12-10-15(11-13-22)14-4-2-1-3-5-14/h1-9,15,19H,10-13H2. The van der Waals surface area contributed by atoms with Gasteiger partial charge in [-0.25, -0.2) is 0 Å². The number of piperidine rings is 1. The molecule has 3 nitrogen and oxygen atoms in total.